The van der Waals surface area contributed by atoms with E-state index in [-0.39, 0.29) is 0 Å². The second-order valence-electron chi connectivity index (χ2n) is 3.55. The first-order valence-electron chi connectivity index (χ1n) is 5.02. The van der Waals surface area contributed by atoms with Crippen molar-refractivity contribution in [3.05, 3.63) is 55.0 Å². The molecule has 2 aromatic rings. The maximum absolute atomic E-state index is 9.09. The Morgan fingerprint density at radius 3 is 2.56 bits per heavy atom. The van der Waals surface area contributed by atoms with Crippen molar-refractivity contribution in [2.45, 2.75) is 0 Å². The molecule has 0 saturated carbocycles. The maximum Gasteiger partial charge on any atom is 0.101 e. The summed E-state index contributed by atoms with van der Waals surface area (Å²) >= 11 is 11.7. The Kier molecular flexibility index (Phi) is 4.49. The van der Waals surface area contributed by atoms with Crippen LogP contribution in [0.3, 0.4) is 0 Å². The number of rotatable bonds is 2. The molecule has 0 aromatic heterocycles. The standard InChI is InChI=1S/C13H7BrClIN2/c14-9-1-3-12(8(5-9)7-17)18-13-4-2-10(16)6-11(13)15/h1-6,18H. The summed E-state index contributed by atoms with van der Waals surface area (Å²) in [6.45, 7) is 0. The number of nitrogens with one attached hydrogen (secondary N) is 1. The van der Waals surface area contributed by atoms with Gasteiger partial charge < -0.3 is 5.32 Å². The summed E-state index contributed by atoms with van der Waals surface area (Å²) in [6.07, 6.45) is 0. The number of hydrogen-bond donors (Lipinski definition) is 1. The van der Waals surface area contributed by atoms with Crippen LogP contribution in [-0.2, 0) is 0 Å². The van der Waals surface area contributed by atoms with E-state index in [0.717, 1.165) is 19.4 Å². The van der Waals surface area contributed by atoms with Crippen molar-refractivity contribution in [1.82, 2.24) is 0 Å². The van der Waals surface area contributed by atoms with Crippen molar-refractivity contribution in [3.8, 4) is 6.07 Å². The first kappa shape index (κ1) is 13.7. The van der Waals surface area contributed by atoms with Gasteiger partial charge in [0.15, 0.2) is 0 Å². The molecule has 2 nitrogen and oxygen atoms in total. The second kappa shape index (κ2) is 5.91. The van der Waals surface area contributed by atoms with Crippen molar-refractivity contribution in [2.75, 3.05) is 5.32 Å². The van der Waals surface area contributed by atoms with E-state index in [4.69, 9.17) is 16.9 Å². The van der Waals surface area contributed by atoms with Crippen molar-refractivity contribution >= 4 is 61.5 Å². The molecule has 0 spiro atoms. The van der Waals surface area contributed by atoms with Gasteiger partial charge in [0.2, 0.25) is 0 Å². The highest BCUT2D eigenvalue weighted by Crippen LogP contribution is 2.29. The second-order valence-corrected chi connectivity index (χ2v) is 6.12. The minimum absolute atomic E-state index is 0.569. The normalized spacial score (nSPS) is 9.89. The van der Waals surface area contributed by atoms with E-state index in [1.165, 1.54) is 0 Å². The molecule has 0 radical (unpaired) electrons. The minimum atomic E-state index is 0.569. The summed E-state index contributed by atoms with van der Waals surface area (Å²) in [7, 11) is 0. The first-order valence-corrected chi connectivity index (χ1v) is 7.27. The first-order chi connectivity index (χ1) is 8.60. The number of hydrogen-bond acceptors (Lipinski definition) is 2. The van der Waals surface area contributed by atoms with E-state index in [1.54, 1.807) is 6.07 Å². The molecule has 1 N–H and O–H groups in total. The Bertz CT molecular complexity index is 637. The fourth-order valence-electron chi connectivity index (χ4n) is 1.45. The molecular weight excluding hydrogens is 426 g/mol. The number of nitrogens with zero attached hydrogens (tertiary/aromatic N) is 1. The zero-order chi connectivity index (χ0) is 13.1. The van der Waals surface area contributed by atoms with Crippen LogP contribution in [0.1, 0.15) is 5.56 Å². The molecule has 0 aliphatic heterocycles. The summed E-state index contributed by atoms with van der Waals surface area (Å²) in [5.74, 6) is 0. The number of anilines is 2. The van der Waals surface area contributed by atoms with Crippen LogP contribution in [0.4, 0.5) is 11.4 Å². The van der Waals surface area contributed by atoms with Gasteiger partial charge in [0.1, 0.15) is 6.07 Å². The molecule has 0 atom stereocenters. The molecule has 2 rings (SSSR count). The van der Waals surface area contributed by atoms with Gasteiger partial charge >= 0.3 is 0 Å². The molecule has 90 valence electrons. The van der Waals surface area contributed by atoms with Crippen molar-refractivity contribution < 1.29 is 0 Å². The number of halogens is 3. The summed E-state index contributed by atoms with van der Waals surface area (Å²) in [6, 6.07) is 13.4. The van der Waals surface area contributed by atoms with E-state index in [0.29, 0.717) is 10.6 Å². The highest BCUT2D eigenvalue weighted by molar-refractivity contribution is 14.1. The zero-order valence-corrected chi connectivity index (χ0v) is 13.5. The summed E-state index contributed by atoms with van der Waals surface area (Å²) in [5, 5.41) is 12.9. The third kappa shape index (κ3) is 3.16. The van der Waals surface area contributed by atoms with Gasteiger partial charge in [-0.2, -0.15) is 5.26 Å². The lowest BCUT2D eigenvalue weighted by molar-refractivity contribution is 1.45. The third-order valence-corrected chi connectivity index (χ3v) is 3.78. The van der Waals surface area contributed by atoms with Crippen LogP contribution in [0.5, 0.6) is 0 Å². The number of benzene rings is 2. The smallest absolute Gasteiger partial charge is 0.101 e. The summed E-state index contributed by atoms with van der Waals surface area (Å²) in [4.78, 5) is 0. The highest BCUT2D eigenvalue weighted by atomic mass is 127. The van der Waals surface area contributed by atoms with Gasteiger partial charge in [-0.1, -0.05) is 27.5 Å². The molecule has 0 heterocycles. The predicted molar refractivity (Wildman–Crippen MR) is 86.3 cm³/mol. The van der Waals surface area contributed by atoms with Gasteiger partial charge in [-0.15, -0.1) is 0 Å². The van der Waals surface area contributed by atoms with Crippen LogP contribution in [0, 0.1) is 14.9 Å². The SMILES string of the molecule is N#Cc1cc(Br)ccc1Nc1ccc(I)cc1Cl. The molecule has 18 heavy (non-hydrogen) atoms. The van der Waals surface area contributed by atoms with Crippen LogP contribution < -0.4 is 5.32 Å². The van der Waals surface area contributed by atoms with Gasteiger partial charge in [0, 0.05) is 8.04 Å². The Morgan fingerprint density at radius 2 is 1.89 bits per heavy atom. The van der Waals surface area contributed by atoms with Crippen molar-refractivity contribution in [1.29, 1.82) is 5.26 Å². The molecule has 0 fully saturated rings. The Hall–Kier alpha value is -0.770. The molecular formula is C13H7BrClIN2. The maximum atomic E-state index is 9.09. The van der Waals surface area contributed by atoms with E-state index in [9.17, 15) is 0 Å². The summed E-state index contributed by atoms with van der Waals surface area (Å²) < 4.78 is 1.94. The average Bonchev–Trinajstić information content (AvgIpc) is 2.34. The molecule has 0 aliphatic rings. The average molecular weight is 433 g/mol. The Labute approximate surface area is 132 Å². The topological polar surface area (TPSA) is 35.8 Å². The van der Waals surface area contributed by atoms with Crippen LogP contribution in [0.25, 0.3) is 0 Å². The van der Waals surface area contributed by atoms with Gasteiger partial charge in [-0.3, -0.25) is 0 Å². The molecule has 0 unspecified atom stereocenters. The molecule has 0 aliphatic carbocycles. The quantitative estimate of drug-likeness (QED) is 0.651. The number of nitriles is 1. The molecule has 2 aromatic carbocycles. The molecule has 0 bridgehead atoms. The van der Waals surface area contributed by atoms with Gasteiger partial charge in [0.05, 0.1) is 22.0 Å². The lowest BCUT2D eigenvalue weighted by atomic mass is 10.2. The predicted octanol–water partition coefficient (Wildman–Crippen LogP) is 5.32. The lowest BCUT2D eigenvalue weighted by Gasteiger charge is -2.10. The van der Waals surface area contributed by atoms with E-state index in [1.807, 2.05) is 30.3 Å². The van der Waals surface area contributed by atoms with E-state index < -0.39 is 0 Å². The van der Waals surface area contributed by atoms with Crippen LogP contribution in [0.2, 0.25) is 5.02 Å². The van der Waals surface area contributed by atoms with Crippen LogP contribution in [-0.4, -0.2) is 0 Å². The van der Waals surface area contributed by atoms with Crippen LogP contribution in [0.15, 0.2) is 40.9 Å². The Balaban J connectivity index is 2.37. The Morgan fingerprint density at radius 1 is 1.17 bits per heavy atom. The van der Waals surface area contributed by atoms with E-state index in [2.05, 4.69) is 49.9 Å². The van der Waals surface area contributed by atoms with Crippen LogP contribution >= 0.6 is 50.1 Å². The molecule has 5 heteroatoms. The van der Waals surface area contributed by atoms with Gasteiger partial charge in [-0.25, -0.2) is 0 Å². The monoisotopic (exact) mass is 432 g/mol. The highest BCUT2D eigenvalue weighted by Gasteiger charge is 2.06. The van der Waals surface area contributed by atoms with Gasteiger partial charge in [0.25, 0.3) is 0 Å². The lowest BCUT2D eigenvalue weighted by Crippen LogP contribution is -1.94. The summed E-state index contributed by atoms with van der Waals surface area (Å²) in [5.41, 5.74) is 2.10. The fraction of sp³-hybridized carbons (Fsp3) is 0. The van der Waals surface area contributed by atoms with Crippen molar-refractivity contribution in [2.24, 2.45) is 0 Å². The third-order valence-electron chi connectivity index (χ3n) is 2.30. The largest absolute Gasteiger partial charge is 0.353 e. The van der Waals surface area contributed by atoms with Gasteiger partial charge in [-0.05, 0) is 59.0 Å². The zero-order valence-electron chi connectivity index (χ0n) is 9.05. The van der Waals surface area contributed by atoms with E-state index >= 15 is 0 Å². The molecule has 0 saturated heterocycles. The fourth-order valence-corrected chi connectivity index (χ4v) is 2.72. The van der Waals surface area contributed by atoms with Crippen molar-refractivity contribution in [3.63, 3.8) is 0 Å². The minimum Gasteiger partial charge on any atom is -0.353 e. The molecule has 0 amide bonds.